The molecule has 3 atom stereocenters. The van der Waals surface area contributed by atoms with Crippen molar-refractivity contribution in [2.45, 2.75) is 44.6 Å². The molecule has 0 spiro atoms. The summed E-state index contributed by atoms with van der Waals surface area (Å²) in [5, 5.41) is 6.59. The van der Waals surface area contributed by atoms with Gasteiger partial charge in [-0.3, -0.25) is 4.79 Å². The number of hydrogen-bond donors (Lipinski definition) is 2. The second-order valence-electron chi connectivity index (χ2n) is 6.26. The molecule has 1 aromatic carbocycles. The second-order valence-corrected chi connectivity index (χ2v) is 6.26. The first-order valence-electron chi connectivity index (χ1n) is 7.83. The summed E-state index contributed by atoms with van der Waals surface area (Å²) < 4.78 is 0. The van der Waals surface area contributed by atoms with Crippen LogP contribution in [-0.2, 0) is 11.2 Å². The average molecular weight is 272 g/mol. The van der Waals surface area contributed by atoms with Crippen molar-refractivity contribution in [3.63, 3.8) is 0 Å². The maximum Gasteiger partial charge on any atom is 0.223 e. The van der Waals surface area contributed by atoms with Crippen LogP contribution in [0.3, 0.4) is 0 Å². The summed E-state index contributed by atoms with van der Waals surface area (Å²) in [6, 6.07) is 9.10. The lowest BCUT2D eigenvalue weighted by Crippen LogP contribution is -2.43. The van der Waals surface area contributed by atoms with E-state index in [0.717, 1.165) is 32.4 Å². The maximum atomic E-state index is 12.3. The summed E-state index contributed by atoms with van der Waals surface area (Å²) >= 11 is 0. The largest absolute Gasteiger partial charge is 0.355 e. The van der Waals surface area contributed by atoms with E-state index in [-0.39, 0.29) is 11.8 Å². The molecule has 1 aliphatic heterocycles. The minimum Gasteiger partial charge on any atom is -0.355 e. The van der Waals surface area contributed by atoms with Gasteiger partial charge in [0.2, 0.25) is 5.91 Å². The molecular weight excluding hydrogens is 248 g/mol. The quantitative estimate of drug-likeness (QED) is 0.886. The summed E-state index contributed by atoms with van der Waals surface area (Å²) in [7, 11) is 0. The van der Waals surface area contributed by atoms with Crippen molar-refractivity contribution in [1.29, 1.82) is 0 Å². The van der Waals surface area contributed by atoms with Crippen LogP contribution in [0, 0.1) is 5.92 Å². The molecule has 3 heteroatoms. The predicted octanol–water partition coefficient (Wildman–Crippen LogP) is 2.22. The average Bonchev–Trinajstić information content (AvgIpc) is 2.88. The number of fused-ring (bicyclic) bond motifs is 1. The molecule has 3 rings (SSSR count). The molecule has 1 unspecified atom stereocenters. The SMILES string of the molecule is C[C@H]1C[C@@H](C(=O)NCC2CCc3ccccc32)CCN1. The number of nitrogens with one attached hydrogen (secondary N) is 2. The molecule has 0 aromatic heterocycles. The van der Waals surface area contributed by atoms with Gasteiger partial charge in [0.1, 0.15) is 0 Å². The molecule has 2 N–H and O–H groups in total. The molecule has 0 bridgehead atoms. The van der Waals surface area contributed by atoms with Crippen LogP contribution < -0.4 is 10.6 Å². The number of amides is 1. The highest BCUT2D eigenvalue weighted by atomic mass is 16.1. The van der Waals surface area contributed by atoms with Gasteiger partial charge in [-0.15, -0.1) is 0 Å². The van der Waals surface area contributed by atoms with Gasteiger partial charge >= 0.3 is 0 Å². The Morgan fingerprint density at radius 1 is 1.35 bits per heavy atom. The highest BCUT2D eigenvalue weighted by Crippen LogP contribution is 2.32. The summed E-state index contributed by atoms with van der Waals surface area (Å²) in [6.45, 7) is 3.92. The van der Waals surface area contributed by atoms with Gasteiger partial charge in [0.15, 0.2) is 0 Å². The highest BCUT2D eigenvalue weighted by molar-refractivity contribution is 5.78. The lowest BCUT2D eigenvalue weighted by atomic mass is 9.92. The molecule has 1 aliphatic carbocycles. The fourth-order valence-electron chi connectivity index (χ4n) is 3.60. The van der Waals surface area contributed by atoms with Crippen LogP contribution in [-0.4, -0.2) is 25.0 Å². The minimum atomic E-state index is 0.197. The molecule has 20 heavy (non-hydrogen) atoms. The van der Waals surface area contributed by atoms with Crippen molar-refractivity contribution in [3.05, 3.63) is 35.4 Å². The van der Waals surface area contributed by atoms with E-state index in [1.54, 1.807) is 0 Å². The van der Waals surface area contributed by atoms with E-state index in [2.05, 4.69) is 41.8 Å². The third-order valence-corrected chi connectivity index (χ3v) is 4.77. The van der Waals surface area contributed by atoms with Gasteiger partial charge < -0.3 is 10.6 Å². The number of aryl methyl sites for hydroxylation is 1. The number of piperidine rings is 1. The Morgan fingerprint density at radius 2 is 2.20 bits per heavy atom. The normalized spacial score (nSPS) is 28.9. The Balaban J connectivity index is 1.54. The van der Waals surface area contributed by atoms with E-state index in [0.29, 0.717) is 12.0 Å². The lowest BCUT2D eigenvalue weighted by Gasteiger charge is -2.27. The molecule has 2 aliphatic rings. The van der Waals surface area contributed by atoms with Crippen LogP contribution in [0.2, 0.25) is 0 Å². The summed E-state index contributed by atoms with van der Waals surface area (Å²) in [5.41, 5.74) is 2.90. The standard InChI is InChI=1S/C17H24N2O/c1-12-10-14(8-9-18-12)17(20)19-11-15-7-6-13-4-2-3-5-16(13)15/h2-5,12,14-15,18H,6-11H2,1H3,(H,19,20)/t12-,14-,15?/m0/s1. The van der Waals surface area contributed by atoms with E-state index in [9.17, 15) is 4.79 Å². The van der Waals surface area contributed by atoms with E-state index in [4.69, 9.17) is 0 Å². The van der Waals surface area contributed by atoms with Gasteiger partial charge in [0.05, 0.1) is 0 Å². The highest BCUT2D eigenvalue weighted by Gasteiger charge is 2.26. The van der Waals surface area contributed by atoms with Crippen molar-refractivity contribution in [1.82, 2.24) is 10.6 Å². The number of rotatable bonds is 3. The summed E-state index contributed by atoms with van der Waals surface area (Å²) in [4.78, 5) is 12.3. The van der Waals surface area contributed by atoms with Gasteiger partial charge in [0, 0.05) is 24.4 Å². The number of hydrogen-bond acceptors (Lipinski definition) is 2. The van der Waals surface area contributed by atoms with E-state index in [1.165, 1.54) is 17.5 Å². The van der Waals surface area contributed by atoms with Crippen LogP contribution >= 0.6 is 0 Å². The lowest BCUT2D eigenvalue weighted by molar-refractivity contribution is -0.126. The first-order valence-corrected chi connectivity index (χ1v) is 7.83. The monoisotopic (exact) mass is 272 g/mol. The second kappa shape index (κ2) is 5.96. The summed E-state index contributed by atoms with van der Waals surface area (Å²) in [6.07, 6.45) is 4.26. The van der Waals surface area contributed by atoms with Gasteiger partial charge in [-0.05, 0) is 50.3 Å². The maximum absolute atomic E-state index is 12.3. The first kappa shape index (κ1) is 13.6. The fraction of sp³-hybridized carbons (Fsp3) is 0.588. The fourth-order valence-corrected chi connectivity index (χ4v) is 3.60. The predicted molar refractivity (Wildman–Crippen MR) is 80.7 cm³/mol. The smallest absolute Gasteiger partial charge is 0.223 e. The number of carbonyl (C=O) groups is 1. The van der Waals surface area contributed by atoms with Crippen molar-refractivity contribution in [2.75, 3.05) is 13.1 Å². The molecule has 3 nitrogen and oxygen atoms in total. The van der Waals surface area contributed by atoms with Gasteiger partial charge in [-0.1, -0.05) is 24.3 Å². The molecule has 1 amide bonds. The van der Waals surface area contributed by atoms with E-state index in [1.807, 2.05) is 0 Å². The Morgan fingerprint density at radius 3 is 3.05 bits per heavy atom. The van der Waals surface area contributed by atoms with Crippen LogP contribution in [0.15, 0.2) is 24.3 Å². The van der Waals surface area contributed by atoms with Crippen LogP contribution in [0.25, 0.3) is 0 Å². The molecule has 1 heterocycles. The first-order chi connectivity index (χ1) is 9.74. The van der Waals surface area contributed by atoms with Gasteiger partial charge in [0.25, 0.3) is 0 Å². The van der Waals surface area contributed by atoms with Gasteiger partial charge in [-0.25, -0.2) is 0 Å². The zero-order valence-electron chi connectivity index (χ0n) is 12.2. The van der Waals surface area contributed by atoms with Crippen LogP contribution in [0.5, 0.6) is 0 Å². The molecular formula is C17H24N2O. The molecule has 0 radical (unpaired) electrons. The van der Waals surface area contributed by atoms with E-state index < -0.39 is 0 Å². The van der Waals surface area contributed by atoms with Crippen molar-refractivity contribution >= 4 is 5.91 Å². The Kier molecular flexibility index (Phi) is 4.06. The Labute approximate surface area is 121 Å². The number of carbonyl (C=O) groups excluding carboxylic acids is 1. The van der Waals surface area contributed by atoms with Crippen molar-refractivity contribution < 1.29 is 4.79 Å². The zero-order chi connectivity index (χ0) is 13.9. The van der Waals surface area contributed by atoms with Gasteiger partial charge in [-0.2, -0.15) is 0 Å². The zero-order valence-corrected chi connectivity index (χ0v) is 12.2. The van der Waals surface area contributed by atoms with Crippen LogP contribution in [0.1, 0.15) is 43.2 Å². The van der Waals surface area contributed by atoms with Crippen molar-refractivity contribution in [2.24, 2.45) is 5.92 Å². The molecule has 1 saturated heterocycles. The molecule has 0 saturated carbocycles. The van der Waals surface area contributed by atoms with Crippen LogP contribution in [0.4, 0.5) is 0 Å². The summed E-state index contributed by atoms with van der Waals surface area (Å²) in [5.74, 6) is 0.958. The topological polar surface area (TPSA) is 41.1 Å². The third kappa shape index (κ3) is 2.88. The van der Waals surface area contributed by atoms with E-state index >= 15 is 0 Å². The van der Waals surface area contributed by atoms with Crippen molar-refractivity contribution in [3.8, 4) is 0 Å². The third-order valence-electron chi connectivity index (χ3n) is 4.77. The molecule has 1 fully saturated rings. The Hall–Kier alpha value is -1.35. The minimum absolute atomic E-state index is 0.197. The molecule has 1 aromatic rings. The Bertz CT molecular complexity index is 486. The molecule has 108 valence electrons. The number of benzene rings is 1.